The van der Waals surface area contributed by atoms with Crippen molar-refractivity contribution in [3.8, 4) is 45.5 Å². The monoisotopic (exact) mass is 635 g/mol. The quantitative estimate of drug-likeness (QED) is 0.252. The van der Waals surface area contributed by atoms with Crippen LogP contribution in [0, 0.1) is 0 Å². The highest BCUT2D eigenvalue weighted by Crippen LogP contribution is 2.41. The SMILES string of the molecule is COc1nc(-c2cccc(-c3nccc(-c4ccc(CN5CC[C@H](O)C5)c(OC)n4)c3Cl)c2Cl)ccc1CN1CC[C@@H](O)C1. The van der Waals surface area contributed by atoms with Crippen LogP contribution in [0.4, 0.5) is 0 Å². The maximum atomic E-state index is 9.90. The summed E-state index contributed by atoms with van der Waals surface area (Å²) < 4.78 is 11.3. The van der Waals surface area contributed by atoms with E-state index in [1.807, 2.05) is 48.5 Å². The molecule has 6 rings (SSSR count). The molecule has 0 saturated carbocycles. The second kappa shape index (κ2) is 13.4. The van der Waals surface area contributed by atoms with Crippen LogP contribution >= 0.6 is 23.2 Å². The number of β-amino-alcohol motifs (C(OH)–C–C–N with tert-alkyl or cyclic N) is 2. The van der Waals surface area contributed by atoms with Crippen molar-refractivity contribution in [1.29, 1.82) is 0 Å². The molecule has 2 atom stereocenters. The molecule has 44 heavy (non-hydrogen) atoms. The smallest absolute Gasteiger partial charge is 0.218 e. The van der Waals surface area contributed by atoms with E-state index in [1.165, 1.54) is 0 Å². The number of rotatable bonds is 9. The molecule has 0 radical (unpaired) electrons. The molecule has 0 amide bonds. The number of aromatic nitrogens is 3. The predicted octanol–water partition coefficient (Wildman–Crippen LogP) is 5.33. The first-order valence-electron chi connectivity index (χ1n) is 14.7. The summed E-state index contributed by atoms with van der Waals surface area (Å²) in [5, 5.41) is 20.7. The second-order valence-corrected chi connectivity index (χ2v) is 12.0. The van der Waals surface area contributed by atoms with Gasteiger partial charge in [-0.1, -0.05) is 53.5 Å². The average molecular weight is 637 g/mol. The lowest BCUT2D eigenvalue weighted by Gasteiger charge is -2.18. The van der Waals surface area contributed by atoms with Crippen molar-refractivity contribution < 1.29 is 19.7 Å². The summed E-state index contributed by atoms with van der Waals surface area (Å²) in [6, 6.07) is 15.4. The van der Waals surface area contributed by atoms with E-state index in [9.17, 15) is 10.2 Å². The van der Waals surface area contributed by atoms with Crippen molar-refractivity contribution >= 4 is 23.2 Å². The number of pyridine rings is 3. The summed E-state index contributed by atoms with van der Waals surface area (Å²) in [5.74, 6) is 1.04. The number of aliphatic hydroxyl groups excluding tert-OH is 2. The van der Waals surface area contributed by atoms with Crippen molar-refractivity contribution in [2.45, 2.75) is 38.1 Å². The molecule has 2 aliphatic heterocycles. The molecule has 0 aliphatic carbocycles. The molecule has 2 fully saturated rings. The van der Waals surface area contributed by atoms with Gasteiger partial charge < -0.3 is 19.7 Å². The molecule has 230 valence electrons. The number of benzene rings is 1. The Kier molecular flexibility index (Phi) is 9.32. The van der Waals surface area contributed by atoms with Crippen LogP contribution in [-0.2, 0) is 13.1 Å². The number of nitrogens with zero attached hydrogens (tertiary/aromatic N) is 5. The molecular weight excluding hydrogens is 601 g/mol. The molecule has 0 unspecified atom stereocenters. The Morgan fingerprint density at radius 3 is 1.75 bits per heavy atom. The van der Waals surface area contributed by atoms with Gasteiger partial charge in [-0.2, -0.15) is 0 Å². The van der Waals surface area contributed by atoms with Gasteiger partial charge in [-0.15, -0.1) is 0 Å². The Morgan fingerprint density at radius 1 is 0.727 bits per heavy atom. The van der Waals surface area contributed by atoms with Crippen LogP contribution in [0.3, 0.4) is 0 Å². The number of halogens is 2. The largest absolute Gasteiger partial charge is 0.481 e. The van der Waals surface area contributed by atoms with Gasteiger partial charge in [0.2, 0.25) is 11.8 Å². The summed E-state index contributed by atoms with van der Waals surface area (Å²) >= 11 is 14.0. The second-order valence-electron chi connectivity index (χ2n) is 11.3. The zero-order valence-electron chi connectivity index (χ0n) is 24.7. The summed E-state index contributed by atoms with van der Waals surface area (Å²) in [4.78, 5) is 18.5. The third-order valence-corrected chi connectivity index (χ3v) is 9.03. The van der Waals surface area contributed by atoms with E-state index in [2.05, 4.69) is 14.8 Å². The van der Waals surface area contributed by atoms with E-state index < -0.39 is 0 Å². The van der Waals surface area contributed by atoms with E-state index in [0.29, 0.717) is 76.2 Å². The van der Waals surface area contributed by atoms with Crippen LogP contribution in [0.5, 0.6) is 11.8 Å². The Balaban J connectivity index is 1.29. The molecule has 0 bridgehead atoms. The molecule has 1 aromatic carbocycles. The van der Waals surface area contributed by atoms with Crippen LogP contribution in [-0.4, -0.2) is 87.6 Å². The average Bonchev–Trinajstić information content (AvgIpc) is 3.64. The fourth-order valence-electron chi connectivity index (χ4n) is 5.97. The molecular formula is C33H35Cl2N5O4. The lowest BCUT2D eigenvalue weighted by atomic mass is 10.0. The molecule has 5 heterocycles. The van der Waals surface area contributed by atoms with E-state index in [0.717, 1.165) is 42.6 Å². The van der Waals surface area contributed by atoms with Crippen molar-refractivity contribution in [3.63, 3.8) is 0 Å². The highest BCUT2D eigenvalue weighted by Gasteiger charge is 2.24. The highest BCUT2D eigenvalue weighted by molar-refractivity contribution is 6.39. The Morgan fingerprint density at radius 2 is 1.25 bits per heavy atom. The number of hydrogen-bond donors (Lipinski definition) is 2. The first-order chi connectivity index (χ1) is 21.3. The lowest BCUT2D eigenvalue weighted by Crippen LogP contribution is -2.22. The van der Waals surface area contributed by atoms with Crippen LogP contribution < -0.4 is 9.47 Å². The molecule has 11 heteroatoms. The minimum atomic E-state index is -0.291. The van der Waals surface area contributed by atoms with E-state index >= 15 is 0 Å². The van der Waals surface area contributed by atoms with Crippen LogP contribution in [0.25, 0.3) is 33.8 Å². The minimum Gasteiger partial charge on any atom is -0.481 e. The molecule has 0 spiro atoms. The predicted molar refractivity (Wildman–Crippen MR) is 171 cm³/mol. The maximum absolute atomic E-state index is 9.90. The van der Waals surface area contributed by atoms with Gasteiger partial charge in [-0.25, -0.2) is 9.97 Å². The number of likely N-dealkylation sites (tertiary alicyclic amines) is 2. The van der Waals surface area contributed by atoms with Gasteiger partial charge in [-0.05, 0) is 31.0 Å². The fourth-order valence-corrected chi connectivity index (χ4v) is 6.59. The van der Waals surface area contributed by atoms with E-state index in [-0.39, 0.29) is 12.2 Å². The lowest BCUT2D eigenvalue weighted by molar-refractivity contribution is 0.174. The molecule has 2 saturated heterocycles. The van der Waals surface area contributed by atoms with Crippen LogP contribution in [0.2, 0.25) is 10.0 Å². The number of ether oxygens (including phenoxy) is 2. The van der Waals surface area contributed by atoms with Gasteiger partial charge in [-0.3, -0.25) is 14.8 Å². The molecule has 4 aromatic rings. The van der Waals surface area contributed by atoms with Crippen molar-refractivity contribution in [2.75, 3.05) is 40.4 Å². The maximum Gasteiger partial charge on any atom is 0.218 e. The van der Waals surface area contributed by atoms with Crippen LogP contribution in [0.15, 0.2) is 54.7 Å². The third kappa shape index (κ3) is 6.40. The molecule has 3 aromatic heterocycles. The van der Waals surface area contributed by atoms with Gasteiger partial charge in [0.05, 0.1) is 53.6 Å². The van der Waals surface area contributed by atoms with Gasteiger partial charge in [0.15, 0.2) is 0 Å². The standard InChI is InChI=1S/C33H35Cl2N5O4/c1-43-32-20(16-39-14-11-22(41)18-39)6-8-27(37-32)24-4-3-5-26(29(24)34)31-30(35)25(10-13-36-31)28-9-7-21(33(38-28)44-2)17-40-15-12-23(42)19-40/h3-10,13,22-23,41-42H,11-12,14-19H2,1-2H3/t22-,23+/m1/s1. The third-order valence-electron chi connectivity index (χ3n) is 8.24. The summed E-state index contributed by atoms with van der Waals surface area (Å²) in [6.07, 6.45) is 2.65. The number of hydrogen-bond acceptors (Lipinski definition) is 9. The zero-order chi connectivity index (χ0) is 30.8. The van der Waals surface area contributed by atoms with Gasteiger partial charge in [0, 0.05) is 73.3 Å². The molecule has 2 aliphatic rings. The minimum absolute atomic E-state index is 0.290. The first kappa shape index (κ1) is 30.7. The molecule has 9 nitrogen and oxygen atoms in total. The fraction of sp³-hybridized carbons (Fsp3) is 0.364. The van der Waals surface area contributed by atoms with Crippen molar-refractivity contribution in [3.05, 3.63) is 75.9 Å². The molecule has 2 N–H and O–H groups in total. The normalized spacial score (nSPS) is 19.0. The zero-order valence-corrected chi connectivity index (χ0v) is 26.2. The van der Waals surface area contributed by atoms with Gasteiger partial charge in [0.1, 0.15) is 0 Å². The van der Waals surface area contributed by atoms with Crippen molar-refractivity contribution in [2.24, 2.45) is 0 Å². The Labute approximate surface area is 267 Å². The van der Waals surface area contributed by atoms with Gasteiger partial charge >= 0.3 is 0 Å². The van der Waals surface area contributed by atoms with E-state index in [4.69, 9.17) is 42.6 Å². The van der Waals surface area contributed by atoms with Gasteiger partial charge in [0.25, 0.3) is 0 Å². The summed E-state index contributed by atoms with van der Waals surface area (Å²) in [7, 11) is 3.21. The number of methoxy groups -OCH3 is 2. The summed E-state index contributed by atoms with van der Waals surface area (Å²) in [5.41, 5.74) is 5.84. The van der Waals surface area contributed by atoms with Crippen LogP contribution in [0.1, 0.15) is 24.0 Å². The topological polar surface area (TPSA) is 104 Å². The Bertz CT molecular complexity index is 1530. The first-order valence-corrected chi connectivity index (χ1v) is 15.4. The number of aliphatic hydroxyl groups is 2. The highest BCUT2D eigenvalue weighted by atomic mass is 35.5. The Hall–Kier alpha value is -3.31. The van der Waals surface area contributed by atoms with E-state index in [1.54, 1.807) is 20.4 Å². The van der Waals surface area contributed by atoms with Crippen molar-refractivity contribution in [1.82, 2.24) is 24.8 Å². The summed E-state index contributed by atoms with van der Waals surface area (Å²) in [6.45, 7) is 4.24.